The van der Waals surface area contributed by atoms with Gasteiger partial charge in [-0.3, -0.25) is 4.99 Å². The van der Waals surface area contributed by atoms with Crippen molar-refractivity contribution in [1.82, 2.24) is 0 Å². The van der Waals surface area contributed by atoms with E-state index in [1.807, 2.05) is 12.3 Å². The smallest absolute Gasteiger partial charge is 0.125 e. The van der Waals surface area contributed by atoms with Gasteiger partial charge in [0.25, 0.3) is 0 Å². The van der Waals surface area contributed by atoms with Crippen LogP contribution in [-0.2, 0) is 6.42 Å². The summed E-state index contributed by atoms with van der Waals surface area (Å²) in [6.45, 7) is 0. The maximum absolute atomic E-state index is 4.43. The average molecular weight is 184 g/mol. The van der Waals surface area contributed by atoms with E-state index in [9.17, 15) is 0 Å². The van der Waals surface area contributed by atoms with Crippen molar-refractivity contribution in [3.8, 4) is 0 Å². The normalized spacial score (nSPS) is 27.7. The Bertz CT molecular complexity index is 368. The Kier molecular flexibility index (Phi) is 1.66. The van der Waals surface area contributed by atoms with Crippen LogP contribution in [0.2, 0.25) is 0 Å². The van der Waals surface area contributed by atoms with Crippen LogP contribution in [0.1, 0.15) is 5.56 Å². The molecular weight excluding hydrogens is 172 g/mol. The van der Waals surface area contributed by atoms with E-state index in [4.69, 9.17) is 0 Å². The van der Waals surface area contributed by atoms with Gasteiger partial charge in [0, 0.05) is 17.8 Å². The molecule has 1 aromatic rings. The van der Waals surface area contributed by atoms with Gasteiger partial charge >= 0.3 is 0 Å². The molecule has 1 aromatic carbocycles. The number of aliphatic imine (C=N–C) groups is 1. The van der Waals surface area contributed by atoms with Crippen LogP contribution in [0.5, 0.6) is 0 Å². The lowest BCUT2D eigenvalue weighted by Gasteiger charge is -2.31. The molecule has 2 heterocycles. The summed E-state index contributed by atoms with van der Waals surface area (Å²) in [5.74, 6) is 0.523. The molecule has 2 aliphatic rings. The van der Waals surface area contributed by atoms with Gasteiger partial charge in [-0.25, -0.2) is 0 Å². The van der Waals surface area contributed by atoms with E-state index in [0.717, 1.165) is 6.42 Å². The fourth-order valence-corrected chi connectivity index (χ4v) is 2.13. The van der Waals surface area contributed by atoms with Crippen LogP contribution in [0, 0.1) is 5.92 Å². The molecule has 0 aliphatic carbocycles. The van der Waals surface area contributed by atoms with Gasteiger partial charge in [0.15, 0.2) is 0 Å². The Morgan fingerprint density at radius 1 is 1.29 bits per heavy atom. The van der Waals surface area contributed by atoms with Crippen LogP contribution < -0.4 is 5.32 Å². The van der Waals surface area contributed by atoms with Crippen LogP contribution in [-0.4, -0.2) is 12.4 Å². The monoisotopic (exact) mass is 184 g/mol. The van der Waals surface area contributed by atoms with Crippen molar-refractivity contribution in [1.29, 1.82) is 0 Å². The van der Waals surface area contributed by atoms with Gasteiger partial charge in [0.1, 0.15) is 6.17 Å². The van der Waals surface area contributed by atoms with Crippen LogP contribution in [0.25, 0.3) is 0 Å². The number of nitrogens with one attached hydrogen (secondary N) is 1. The zero-order valence-electron chi connectivity index (χ0n) is 7.85. The fourth-order valence-electron chi connectivity index (χ4n) is 2.13. The minimum atomic E-state index is 0.245. The van der Waals surface area contributed by atoms with Crippen molar-refractivity contribution in [3.63, 3.8) is 0 Å². The topological polar surface area (TPSA) is 24.4 Å². The molecule has 0 radical (unpaired) electrons. The molecule has 0 aromatic heterocycles. The van der Waals surface area contributed by atoms with E-state index in [-0.39, 0.29) is 6.17 Å². The molecule has 0 bridgehead atoms. The Hall–Kier alpha value is -1.57. The molecule has 2 nitrogen and oxygen atoms in total. The molecule has 3 rings (SSSR count). The second kappa shape index (κ2) is 2.98. The molecule has 2 heteroatoms. The molecule has 14 heavy (non-hydrogen) atoms. The van der Waals surface area contributed by atoms with E-state index >= 15 is 0 Å². The molecule has 0 amide bonds. The zero-order valence-corrected chi connectivity index (χ0v) is 7.85. The number of allylic oxidation sites excluding steroid dienone is 1. The summed E-state index contributed by atoms with van der Waals surface area (Å²) < 4.78 is 0. The summed E-state index contributed by atoms with van der Waals surface area (Å²) in [6.07, 6.45) is 7.50. The molecule has 0 spiro atoms. The molecule has 2 atom stereocenters. The Balaban J connectivity index is 2.00. The van der Waals surface area contributed by atoms with Gasteiger partial charge in [0.05, 0.1) is 0 Å². The van der Waals surface area contributed by atoms with E-state index < -0.39 is 0 Å². The van der Waals surface area contributed by atoms with Gasteiger partial charge < -0.3 is 5.32 Å². The minimum Gasteiger partial charge on any atom is -0.363 e. The molecule has 70 valence electrons. The quantitative estimate of drug-likeness (QED) is 0.657. The third kappa shape index (κ3) is 1.15. The number of hydrogen-bond donors (Lipinski definition) is 1. The fraction of sp³-hybridized carbons (Fsp3) is 0.250. The van der Waals surface area contributed by atoms with Crippen molar-refractivity contribution >= 4 is 11.9 Å². The summed E-state index contributed by atoms with van der Waals surface area (Å²) in [5, 5.41) is 3.45. The number of anilines is 1. The Morgan fingerprint density at radius 3 is 3.21 bits per heavy atom. The van der Waals surface area contributed by atoms with Crippen molar-refractivity contribution in [2.24, 2.45) is 10.9 Å². The second-order valence-corrected chi connectivity index (χ2v) is 3.80. The molecule has 2 unspecified atom stereocenters. The second-order valence-electron chi connectivity index (χ2n) is 3.80. The van der Waals surface area contributed by atoms with Crippen molar-refractivity contribution in [2.45, 2.75) is 12.6 Å². The molecule has 0 saturated heterocycles. The summed E-state index contributed by atoms with van der Waals surface area (Å²) >= 11 is 0. The van der Waals surface area contributed by atoms with Gasteiger partial charge in [-0.05, 0) is 24.1 Å². The number of fused-ring (bicyclic) bond motifs is 2. The lowest BCUT2D eigenvalue weighted by molar-refractivity contribution is 0.525. The number of benzene rings is 1. The third-order valence-corrected chi connectivity index (χ3v) is 2.87. The van der Waals surface area contributed by atoms with Crippen LogP contribution in [0.15, 0.2) is 41.4 Å². The number of para-hydroxylation sites is 1. The van der Waals surface area contributed by atoms with Gasteiger partial charge in [-0.2, -0.15) is 0 Å². The average Bonchev–Trinajstić information content (AvgIpc) is 2.26. The molecule has 2 aliphatic heterocycles. The largest absolute Gasteiger partial charge is 0.363 e. The molecular formula is C12H12N2. The molecule has 0 saturated carbocycles. The van der Waals surface area contributed by atoms with Gasteiger partial charge in [0.2, 0.25) is 0 Å². The number of dihydropyridines is 1. The van der Waals surface area contributed by atoms with Crippen LogP contribution >= 0.6 is 0 Å². The van der Waals surface area contributed by atoms with Gasteiger partial charge in [-0.1, -0.05) is 24.3 Å². The number of hydrogen-bond acceptors (Lipinski definition) is 2. The van der Waals surface area contributed by atoms with Crippen molar-refractivity contribution in [3.05, 3.63) is 42.0 Å². The van der Waals surface area contributed by atoms with Crippen molar-refractivity contribution in [2.75, 3.05) is 5.32 Å². The van der Waals surface area contributed by atoms with Gasteiger partial charge in [-0.15, -0.1) is 0 Å². The zero-order chi connectivity index (χ0) is 9.38. The molecule has 1 N–H and O–H groups in total. The van der Waals surface area contributed by atoms with Crippen LogP contribution in [0.4, 0.5) is 5.69 Å². The van der Waals surface area contributed by atoms with E-state index in [1.165, 1.54) is 11.3 Å². The number of nitrogens with zero attached hydrogens (tertiary/aromatic N) is 1. The first-order valence-corrected chi connectivity index (χ1v) is 4.98. The lowest BCUT2D eigenvalue weighted by atomic mass is 9.90. The minimum absolute atomic E-state index is 0.245. The third-order valence-electron chi connectivity index (χ3n) is 2.87. The first-order valence-electron chi connectivity index (χ1n) is 4.98. The number of rotatable bonds is 0. The maximum Gasteiger partial charge on any atom is 0.125 e. The van der Waals surface area contributed by atoms with Crippen molar-refractivity contribution < 1.29 is 0 Å². The van der Waals surface area contributed by atoms with E-state index in [2.05, 4.69) is 40.7 Å². The van der Waals surface area contributed by atoms with E-state index in [0.29, 0.717) is 5.92 Å². The predicted octanol–water partition coefficient (Wildman–Crippen LogP) is 2.24. The standard InChI is InChI=1S/C12H12N2/c1-2-6-11-9(4-1)8-10-5-3-7-13-12(10)14-11/h1-7,10,12,14H,8H2. The summed E-state index contributed by atoms with van der Waals surface area (Å²) in [7, 11) is 0. The molecule has 0 fully saturated rings. The first-order chi connectivity index (χ1) is 6.93. The SMILES string of the molecule is C1=CC2Cc3ccccc3NC2N=C1. The predicted molar refractivity (Wildman–Crippen MR) is 58.7 cm³/mol. The van der Waals surface area contributed by atoms with Crippen LogP contribution in [0.3, 0.4) is 0 Å². The highest BCUT2D eigenvalue weighted by atomic mass is 15.1. The Labute approximate surface area is 83.4 Å². The maximum atomic E-state index is 4.43. The highest BCUT2D eigenvalue weighted by molar-refractivity contribution is 5.73. The first kappa shape index (κ1) is 7.80. The summed E-state index contributed by atoms with van der Waals surface area (Å²) in [5.41, 5.74) is 2.64. The Morgan fingerprint density at radius 2 is 2.21 bits per heavy atom. The highest BCUT2D eigenvalue weighted by Gasteiger charge is 2.25. The lowest BCUT2D eigenvalue weighted by Crippen LogP contribution is -2.33. The summed E-state index contributed by atoms with van der Waals surface area (Å²) in [4.78, 5) is 4.43. The van der Waals surface area contributed by atoms with E-state index in [1.54, 1.807) is 0 Å². The summed E-state index contributed by atoms with van der Waals surface area (Å²) in [6, 6.07) is 8.47. The highest BCUT2D eigenvalue weighted by Crippen LogP contribution is 2.30.